The predicted octanol–water partition coefficient (Wildman–Crippen LogP) is 5.32. The molecule has 17 heavy (non-hydrogen) atoms. The van der Waals surface area contributed by atoms with Gasteiger partial charge in [-0.25, -0.2) is 0 Å². The second kappa shape index (κ2) is 6.07. The van der Waals surface area contributed by atoms with Crippen LogP contribution in [-0.4, -0.2) is 0 Å². The minimum absolute atomic E-state index is 0.721. The molecular formula is C13H10BrClIN. The molecule has 0 heterocycles. The lowest BCUT2D eigenvalue weighted by molar-refractivity contribution is 1.15. The maximum atomic E-state index is 6.13. The van der Waals surface area contributed by atoms with Crippen LogP contribution in [0.4, 0.5) is 5.69 Å². The highest BCUT2D eigenvalue weighted by atomic mass is 127. The predicted molar refractivity (Wildman–Crippen MR) is 85.6 cm³/mol. The molecule has 0 radical (unpaired) electrons. The normalized spacial score (nSPS) is 10.3. The average Bonchev–Trinajstić information content (AvgIpc) is 2.32. The zero-order valence-corrected chi connectivity index (χ0v) is 13.4. The van der Waals surface area contributed by atoms with E-state index in [0.717, 1.165) is 27.3 Å². The van der Waals surface area contributed by atoms with Gasteiger partial charge in [-0.15, -0.1) is 0 Å². The summed E-state index contributed by atoms with van der Waals surface area (Å²) >= 11 is 11.9. The molecule has 0 amide bonds. The molecule has 1 N–H and O–H groups in total. The standard InChI is InChI=1S/C13H10BrClIN/c14-10-1-6-13(15)9(7-10)8-17-12-4-2-11(16)3-5-12/h1-7,17H,8H2. The van der Waals surface area contributed by atoms with Gasteiger partial charge in [-0.3, -0.25) is 0 Å². The summed E-state index contributed by atoms with van der Waals surface area (Å²) in [5.74, 6) is 0. The van der Waals surface area contributed by atoms with Gasteiger partial charge in [0.1, 0.15) is 0 Å². The molecule has 0 saturated heterocycles. The quantitative estimate of drug-likeness (QED) is 0.661. The average molecular weight is 422 g/mol. The second-order valence-corrected chi connectivity index (χ2v) is 6.16. The molecule has 0 fully saturated rings. The van der Waals surface area contributed by atoms with Crippen molar-refractivity contribution in [3.8, 4) is 0 Å². The van der Waals surface area contributed by atoms with Crippen molar-refractivity contribution in [3.05, 3.63) is 61.1 Å². The number of hydrogen-bond acceptors (Lipinski definition) is 1. The minimum Gasteiger partial charge on any atom is -0.381 e. The number of rotatable bonds is 3. The smallest absolute Gasteiger partial charge is 0.0456 e. The number of nitrogens with one attached hydrogen (secondary N) is 1. The van der Waals surface area contributed by atoms with Crippen LogP contribution in [0, 0.1) is 3.57 Å². The Morgan fingerprint density at radius 3 is 2.53 bits per heavy atom. The Balaban J connectivity index is 2.07. The van der Waals surface area contributed by atoms with Crippen molar-refractivity contribution in [1.82, 2.24) is 0 Å². The Kier molecular flexibility index (Phi) is 4.70. The van der Waals surface area contributed by atoms with Crippen molar-refractivity contribution < 1.29 is 0 Å². The minimum atomic E-state index is 0.721. The van der Waals surface area contributed by atoms with Crippen LogP contribution >= 0.6 is 50.1 Å². The molecule has 0 aromatic heterocycles. The van der Waals surface area contributed by atoms with E-state index in [2.05, 4.69) is 68.1 Å². The molecule has 0 aliphatic heterocycles. The van der Waals surface area contributed by atoms with Crippen LogP contribution in [0.3, 0.4) is 0 Å². The molecule has 0 bridgehead atoms. The highest BCUT2D eigenvalue weighted by Crippen LogP contribution is 2.22. The van der Waals surface area contributed by atoms with Gasteiger partial charge < -0.3 is 5.32 Å². The lowest BCUT2D eigenvalue weighted by atomic mass is 10.2. The van der Waals surface area contributed by atoms with Gasteiger partial charge in [0, 0.05) is 25.3 Å². The number of benzene rings is 2. The third-order valence-electron chi connectivity index (χ3n) is 2.33. The van der Waals surface area contributed by atoms with E-state index in [0.29, 0.717) is 0 Å². The Bertz CT molecular complexity index is 513. The van der Waals surface area contributed by atoms with Gasteiger partial charge in [0.05, 0.1) is 0 Å². The molecule has 0 unspecified atom stereocenters. The summed E-state index contributed by atoms with van der Waals surface area (Å²) in [6.07, 6.45) is 0. The fourth-order valence-corrected chi connectivity index (χ4v) is 2.40. The lowest BCUT2D eigenvalue weighted by Crippen LogP contribution is -1.99. The topological polar surface area (TPSA) is 12.0 Å². The maximum Gasteiger partial charge on any atom is 0.0456 e. The molecule has 0 aliphatic carbocycles. The zero-order valence-electron chi connectivity index (χ0n) is 8.88. The summed E-state index contributed by atoms with van der Waals surface area (Å²) in [6, 6.07) is 14.1. The lowest BCUT2D eigenvalue weighted by Gasteiger charge is -2.08. The molecule has 4 heteroatoms. The fraction of sp³-hybridized carbons (Fsp3) is 0.0769. The van der Waals surface area contributed by atoms with Crippen molar-refractivity contribution in [3.63, 3.8) is 0 Å². The summed E-state index contributed by atoms with van der Waals surface area (Å²) in [5.41, 5.74) is 2.18. The third-order valence-corrected chi connectivity index (χ3v) is 3.92. The van der Waals surface area contributed by atoms with Crippen LogP contribution in [0.15, 0.2) is 46.9 Å². The Morgan fingerprint density at radius 2 is 1.82 bits per heavy atom. The van der Waals surface area contributed by atoms with Gasteiger partial charge in [-0.1, -0.05) is 27.5 Å². The van der Waals surface area contributed by atoms with Crippen molar-refractivity contribution >= 4 is 55.8 Å². The molecule has 0 spiro atoms. The molecular weight excluding hydrogens is 412 g/mol. The first kappa shape index (κ1) is 13.2. The van der Waals surface area contributed by atoms with Crippen molar-refractivity contribution in [2.45, 2.75) is 6.54 Å². The first-order valence-corrected chi connectivity index (χ1v) is 7.33. The molecule has 2 aromatic rings. The van der Waals surface area contributed by atoms with Gasteiger partial charge in [0.25, 0.3) is 0 Å². The van der Waals surface area contributed by atoms with Gasteiger partial charge >= 0.3 is 0 Å². The highest BCUT2D eigenvalue weighted by molar-refractivity contribution is 14.1. The summed E-state index contributed by atoms with van der Waals surface area (Å²) < 4.78 is 2.27. The summed E-state index contributed by atoms with van der Waals surface area (Å²) in [6.45, 7) is 0.721. The van der Waals surface area contributed by atoms with Gasteiger partial charge in [-0.2, -0.15) is 0 Å². The number of hydrogen-bond donors (Lipinski definition) is 1. The van der Waals surface area contributed by atoms with Crippen LogP contribution in [-0.2, 0) is 6.54 Å². The molecule has 0 aliphatic rings. The van der Waals surface area contributed by atoms with E-state index in [-0.39, 0.29) is 0 Å². The van der Waals surface area contributed by atoms with Gasteiger partial charge in [0.2, 0.25) is 0 Å². The Morgan fingerprint density at radius 1 is 1.12 bits per heavy atom. The summed E-state index contributed by atoms with van der Waals surface area (Å²) in [7, 11) is 0. The SMILES string of the molecule is Clc1ccc(Br)cc1CNc1ccc(I)cc1. The van der Waals surface area contributed by atoms with E-state index < -0.39 is 0 Å². The van der Waals surface area contributed by atoms with Gasteiger partial charge in [-0.05, 0) is 70.6 Å². The van der Waals surface area contributed by atoms with E-state index >= 15 is 0 Å². The molecule has 2 rings (SSSR count). The monoisotopic (exact) mass is 421 g/mol. The molecule has 0 saturated carbocycles. The summed E-state index contributed by atoms with van der Waals surface area (Å²) in [5, 5.41) is 4.13. The maximum absolute atomic E-state index is 6.13. The van der Waals surface area contributed by atoms with Gasteiger partial charge in [0.15, 0.2) is 0 Å². The highest BCUT2D eigenvalue weighted by Gasteiger charge is 2.01. The van der Waals surface area contributed by atoms with Crippen molar-refractivity contribution in [2.24, 2.45) is 0 Å². The van der Waals surface area contributed by atoms with Crippen LogP contribution in [0.2, 0.25) is 5.02 Å². The van der Waals surface area contributed by atoms with E-state index in [1.807, 2.05) is 18.2 Å². The van der Waals surface area contributed by atoms with Crippen LogP contribution in [0.1, 0.15) is 5.56 Å². The Hall–Kier alpha value is -0.260. The van der Waals surface area contributed by atoms with Crippen LogP contribution < -0.4 is 5.32 Å². The first-order chi connectivity index (χ1) is 8.15. The first-order valence-electron chi connectivity index (χ1n) is 5.08. The second-order valence-electron chi connectivity index (χ2n) is 3.60. The molecule has 2 aromatic carbocycles. The number of anilines is 1. The van der Waals surface area contributed by atoms with Crippen LogP contribution in [0.5, 0.6) is 0 Å². The van der Waals surface area contributed by atoms with E-state index in [1.165, 1.54) is 3.57 Å². The van der Waals surface area contributed by atoms with E-state index in [4.69, 9.17) is 11.6 Å². The third kappa shape index (κ3) is 3.86. The molecule has 0 atom stereocenters. The zero-order chi connectivity index (χ0) is 12.3. The number of halogens is 3. The Labute approximate surface area is 128 Å². The molecule has 1 nitrogen and oxygen atoms in total. The molecule has 88 valence electrons. The van der Waals surface area contributed by atoms with Crippen molar-refractivity contribution in [2.75, 3.05) is 5.32 Å². The van der Waals surface area contributed by atoms with Crippen molar-refractivity contribution in [1.29, 1.82) is 0 Å². The van der Waals surface area contributed by atoms with E-state index in [1.54, 1.807) is 0 Å². The van der Waals surface area contributed by atoms with E-state index in [9.17, 15) is 0 Å². The van der Waals surface area contributed by atoms with Crippen LogP contribution in [0.25, 0.3) is 0 Å². The fourth-order valence-electron chi connectivity index (χ4n) is 1.44. The largest absolute Gasteiger partial charge is 0.381 e. The summed E-state index contributed by atoms with van der Waals surface area (Å²) in [4.78, 5) is 0.